The van der Waals surface area contributed by atoms with Gasteiger partial charge in [-0.3, -0.25) is 0 Å². The zero-order valence-corrected chi connectivity index (χ0v) is 12.3. The largest absolute Gasteiger partial charge is 0.382 e. The van der Waals surface area contributed by atoms with Gasteiger partial charge in [-0.05, 0) is 48.9 Å². The van der Waals surface area contributed by atoms with E-state index in [1.807, 2.05) is 0 Å². The molecule has 2 rings (SSSR count). The lowest BCUT2D eigenvalue weighted by Gasteiger charge is -2.32. The Morgan fingerprint density at radius 3 is 2.76 bits per heavy atom. The average molecular weight is 271 g/mol. The highest BCUT2D eigenvalue weighted by molar-refractivity contribution is 7.99. The van der Waals surface area contributed by atoms with Crippen LogP contribution in [0.25, 0.3) is 0 Å². The topological polar surface area (TPSA) is 50.9 Å². The first-order valence-corrected chi connectivity index (χ1v) is 8.17. The molecule has 0 aromatic carbocycles. The van der Waals surface area contributed by atoms with Crippen LogP contribution in [-0.4, -0.2) is 16.7 Å². The number of nitrogens with two attached hydrogens (primary N) is 1. The van der Waals surface area contributed by atoms with E-state index in [2.05, 4.69) is 29.8 Å². The maximum atomic E-state index is 5.84. The smallest absolute Gasteiger partial charge is 0.153 e. The number of nitrogens with zero attached hydrogens (tertiary/aromatic N) is 1. The second-order valence-electron chi connectivity index (χ2n) is 5.04. The van der Waals surface area contributed by atoms with Crippen molar-refractivity contribution >= 4 is 34.1 Å². The highest BCUT2D eigenvalue weighted by atomic mass is 32.2. The third kappa shape index (κ3) is 2.88. The van der Waals surface area contributed by atoms with Gasteiger partial charge < -0.3 is 11.1 Å². The van der Waals surface area contributed by atoms with Gasteiger partial charge in [-0.2, -0.15) is 4.37 Å². The minimum absolute atomic E-state index is 0.590. The Balaban J connectivity index is 2.01. The van der Waals surface area contributed by atoms with E-state index in [1.54, 1.807) is 11.8 Å². The molecular weight excluding hydrogens is 250 g/mol. The van der Waals surface area contributed by atoms with Crippen molar-refractivity contribution in [3.8, 4) is 0 Å². The SMILES string of the molecule is CSc1c(N)nsc1NC1CCC(C)C(C)C1. The Labute approximate surface area is 112 Å². The molecule has 5 heteroatoms. The molecule has 3 atom stereocenters. The average Bonchev–Trinajstić information content (AvgIpc) is 2.64. The molecule has 1 aromatic heterocycles. The van der Waals surface area contributed by atoms with E-state index in [0.717, 1.165) is 21.7 Å². The Morgan fingerprint density at radius 1 is 1.35 bits per heavy atom. The molecule has 0 aliphatic heterocycles. The van der Waals surface area contributed by atoms with Crippen molar-refractivity contribution in [2.75, 3.05) is 17.3 Å². The fourth-order valence-electron chi connectivity index (χ4n) is 2.45. The number of hydrogen-bond acceptors (Lipinski definition) is 5. The Bertz CT molecular complexity index is 378. The quantitative estimate of drug-likeness (QED) is 0.823. The Kier molecular flexibility index (Phi) is 4.20. The van der Waals surface area contributed by atoms with Crippen LogP contribution in [0, 0.1) is 11.8 Å². The standard InChI is InChI=1S/C12H21N3S2/c1-7-4-5-9(6-8(7)2)14-12-10(16-3)11(13)15-17-12/h7-9,14H,4-6H2,1-3H3,(H2,13,15). The summed E-state index contributed by atoms with van der Waals surface area (Å²) in [4.78, 5) is 1.11. The molecule has 1 aliphatic carbocycles. The molecule has 0 radical (unpaired) electrons. The van der Waals surface area contributed by atoms with E-state index in [9.17, 15) is 0 Å². The summed E-state index contributed by atoms with van der Waals surface area (Å²) in [6, 6.07) is 0.590. The van der Waals surface area contributed by atoms with E-state index < -0.39 is 0 Å². The number of rotatable bonds is 3. The number of anilines is 2. The predicted octanol–water partition coefficient (Wildman–Crippen LogP) is 3.68. The van der Waals surface area contributed by atoms with Gasteiger partial charge in [0.1, 0.15) is 5.00 Å². The van der Waals surface area contributed by atoms with Crippen LogP contribution in [-0.2, 0) is 0 Å². The van der Waals surface area contributed by atoms with Gasteiger partial charge >= 0.3 is 0 Å². The molecule has 96 valence electrons. The molecular formula is C12H21N3S2. The number of nitrogen functional groups attached to an aromatic ring is 1. The van der Waals surface area contributed by atoms with Crippen molar-refractivity contribution in [1.29, 1.82) is 0 Å². The van der Waals surface area contributed by atoms with E-state index in [0.29, 0.717) is 11.9 Å². The van der Waals surface area contributed by atoms with Crippen LogP contribution in [0.3, 0.4) is 0 Å². The second kappa shape index (κ2) is 5.48. The third-order valence-electron chi connectivity index (χ3n) is 3.81. The van der Waals surface area contributed by atoms with Crippen molar-refractivity contribution in [2.45, 2.75) is 44.0 Å². The van der Waals surface area contributed by atoms with Gasteiger partial charge in [0.2, 0.25) is 0 Å². The minimum atomic E-state index is 0.590. The van der Waals surface area contributed by atoms with E-state index in [-0.39, 0.29) is 0 Å². The summed E-state index contributed by atoms with van der Waals surface area (Å²) in [6.45, 7) is 4.72. The van der Waals surface area contributed by atoms with Gasteiger partial charge in [0.25, 0.3) is 0 Å². The van der Waals surface area contributed by atoms with Crippen molar-refractivity contribution in [3.05, 3.63) is 0 Å². The first-order chi connectivity index (χ1) is 8.11. The molecule has 3 N–H and O–H groups in total. The van der Waals surface area contributed by atoms with Crippen LogP contribution in [0.2, 0.25) is 0 Å². The lowest BCUT2D eigenvalue weighted by molar-refractivity contribution is 0.261. The van der Waals surface area contributed by atoms with E-state index in [1.165, 1.54) is 30.8 Å². The maximum absolute atomic E-state index is 5.84. The van der Waals surface area contributed by atoms with Crippen molar-refractivity contribution < 1.29 is 0 Å². The zero-order valence-electron chi connectivity index (χ0n) is 10.7. The van der Waals surface area contributed by atoms with E-state index >= 15 is 0 Å². The Hall–Kier alpha value is -0.420. The number of hydrogen-bond donors (Lipinski definition) is 2. The summed E-state index contributed by atoms with van der Waals surface area (Å²) >= 11 is 3.17. The summed E-state index contributed by atoms with van der Waals surface area (Å²) in [5, 5.41) is 4.78. The molecule has 0 bridgehead atoms. The highest BCUT2D eigenvalue weighted by Gasteiger charge is 2.25. The van der Waals surface area contributed by atoms with Crippen LogP contribution in [0.5, 0.6) is 0 Å². The number of thioether (sulfide) groups is 1. The molecule has 3 unspecified atom stereocenters. The van der Waals surface area contributed by atoms with Crippen molar-refractivity contribution in [1.82, 2.24) is 4.37 Å². The highest BCUT2D eigenvalue weighted by Crippen LogP contribution is 2.37. The summed E-state index contributed by atoms with van der Waals surface area (Å²) in [5.41, 5.74) is 5.84. The van der Waals surface area contributed by atoms with E-state index in [4.69, 9.17) is 5.73 Å². The molecule has 1 heterocycles. The van der Waals surface area contributed by atoms with Crippen LogP contribution >= 0.6 is 23.3 Å². The van der Waals surface area contributed by atoms with Gasteiger partial charge in [0.15, 0.2) is 5.82 Å². The van der Waals surface area contributed by atoms with Crippen LogP contribution in [0.1, 0.15) is 33.1 Å². The fourth-order valence-corrected chi connectivity index (χ4v) is 4.05. The van der Waals surface area contributed by atoms with Gasteiger partial charge in [-0.15, -0.1) is 11.8 Å². The summed E-state index contributed by atoms with van der Waals surface area (Å²) in [5.74, 6) is 2.34. The van der Waals surface area contributed by atoms with Crippen LogP contribution in [0.15, 0.2) is 4.90 Å². The molecule has 3 nitrogen and oxygen atoms in total. The third-order valence-corrected chi connectivity index (χ3v) is 5.55. The maximum Gasteiger partial charge on any atom is 0.153 e. The van der Waals surface area contributed by atoms with Gasteiger partial charge in [0, 0.05) is 6.04 Å². The monoisotopic (exact) mass is 271 g/mol. The molecule has 0 spiro atoms. The molecule has 0 amide bonds. The van der Waals surface area contributed by atoms with Gasteiger partial charge in [0.05, 0.1) is 4.90 Å². The molecule has 17 heavy (non-hydrogen) atoms. The first kappa shape index (κ1) is 13.0. The van der Waals surface area contributed by atoms with Crippen molar-refractivity contribution in [3.63, 3.8) is 0 Å². The zero-order chi connectivity index (χ0) is 12.4. The van der Waals surface area contributed by atoms with Gasteiger partial charge in [-0.25, -0.2) is 0 Å². The summed E-state index contributed by atoms with van der Waals surface area (Å²) < 4.78 is 4.22. The number of aromatic nitrogens is 1. The first-order valence-electron chi connectivity index (χ1n) is 6.17. The van der Waals surface area contributed by atoms with Gasteiger partial charge in [-0.1, -0.05) is 13.8 Å². The molecule has 0 saturated heterocycles. The molecule has 1 aromatic rings. The minimum Gasteiger partial charge on any atom is -0.382 e. The van der Waals surface area contributed by atoms with Crippen LogP contribution in [0.4, 0.5) is 10.8 Å². The molecule has 1 fully saturated rings. The molecule has 1 aliphatic rings. The van der Waals surface area contributed by atoms with Crippen molar-refractivity contribution in [2.24, 2.45) is 11.8 Å². The lowest BCUT2D eigenvalue weighted by Crippen LogP contribution is -2.30. The fraction of sp³-hybridized carbons (Fsp3) is 0.750. The predicted molar refractivity (Wildman–Crippen MR) is 77.9 cm³/mol. The summed E-state index contributed by atoms with van der Waals surface area (Å²) in [7, 11) is 0. The number of nitrogens with one attached hydrogen (secondary N) is 1. The Morgan fingerprint density at radius 2 is 2.12 bits per heavy atom. The second-order valence-corrected chi connectivity index (χ2v) is 6.63. The lowest BCUT2D eigenvalue weighted by atomic mass is 9.79. The molecule has 1 saturated carbocycles. The van der Waals surface area contributed by atoms with Crippen LogP contribution < -0.4 is 11.1 Å². The summed E-state index contributed by atoms with van der Waals surface area (Å²) in [6.07, 6.45) is 5.89. The normalized spacial score (nSPS) is 29.2.